The van der Waals surface area contributed by atoms with E-state index in [4.69, 9.17) is 11.6 Å². The number of anilines is 1. The van der Waals surface area contributed by atoms with Gasteiger partial charge < -0.3 is 10.6 Å². The Morgan fingerprint density at radius 2 is 2.33 bits per heavy atom. The van der Waals surface area contributed by atoms with Gasteiger partial charge in [-0.15, -0.1) is 11.3 Å². The zero-order chi connectivity index (χ0) is 14.4. The first kappa shape index (κ1) is 13.5. The summed E-state index contributed by atoms with van der Waals surface area (Å²) in [7, 11) is 0. The van der Waals surface area contributed by atoms with Crippen LogP contribution in [0.15, 0.2) is 17.6 Å². The number of halogens is 1. The number of carbonyl (C=O) groups is 1. The van der Waals surface area contributed by atoms with Crippen LogP contribution in [-0.2, 0) is 4.79 Å². The summed E-state index contributed by atoms with van der Waals surface area (Å²) in [5.74, 6) is 1.15. The predicted molar refractivity (Wildman–Crippen MR) is 85.9 cm³/mol. The minimum atomic E-state index is -0.0949. The van der Waals surface area contributed by atoms with Crippen LogP contribution in [-0.4, -0.2) is 23.5 Å². The Labute approximate surface area is 131 Å². The second-order valence-electron chi connectivity index (χ2n) is 5.85. The molecule has 2 aromatic rings. The number of benzene rings is 1. The highest BCUT2D eigenvalue weighted by Crippen LogP contribution is 2.39. The van der Waals surface area contributed by atoms with Crippen LogP contribution in [0.1, 0.15) is 19.3 Å². The van der Waals surface area contributed by atoms with Crippen LogP contribution in [0.4, 0.5) is 5.69 Å². The maximum atomic E-state index is 12.6. The van der Waals surface area contributed by atoms with Crippen LogP contribution in [0.3, 0.4) is 0 Å². The molecule has 4 rings (SSSR count). The Hall–Kier alpha value is -1.17. The Bertz CT molecular complexity index is 701. The van der Waals surface area contributed by atoms with Gasteiger partial charge in [0.1, 0.15) is 5.52 Å². The molecule has 0 radical (unpaired) electrons. The Kier molecular flexibility index (Phi) is 3.36. The summed E-state index contributed by atoms with van der Waals surface area (Å²) in [4.78, 5) is 16.9. The first-order chi connectivity index (χ1) is 10.2. The van der Waals surface area contributed by atoms with Crippen molar-refractivity contribution in [2.24, 2.45) is 11.8 Å². The second kappa shape index (κ2) is 5.23. The molecule has 1 aromatic heterocycles. The van der Waals surface area contributed by atoms with Gasteiger partial charge in [-0.05, 0) is 43.4 Å². The molecule has 2 heterocycles. The van der Waals surface area contributed by atoms with Crippen molar-refractivity contribution >= 4 is 44.7 Å². The number of aromatic nitrogens is 1. The zero-order valence-electron chi connectivity index (χ0n) is 11.4. The number of nitrogens with zero attached hydrogens (tertiary/aromatic N) is 1. The summed E-state index contributed by atoms with van der Waals surface area (Å²) in [5.41, 5.74) is 3.20. The highest BCUT2D eigenvalue weighted by Gasteiger charge is 2.42. The van der Waals surface area contributed by atoms with Crippen molar-refractivity contribution in [1.29, 1.82) is 0 Å². The summed E-state index contributed by atoms with van der Waals surface area (Å²) < 4.78 is 1.04. The summed E-state index contributed by atoms with van der Waals surface area (Å²) in [6.07, 6.45) is 3.62. The van der Waals surface area contributed by atoms with E-state index in [2.05, 4.69) is 15.6 Å². The molecular formula is C15H16ClN3OS. The number of carbonyl (C=O) groups excluding carboxylic acids is 1. The van der Waals surface area contributed by atoms with Gasteiger partial charge >= 0.3 is 0 Å². The van der Waals surface area contributed by atoms with Crippen LogP contribution >= 0.6 is 22.9 Å². The lowest BCUT2D eigenvalue weighted by atomic mass is 9.93. The van der Waals surface area contributed by atoms with Crippen molar-refractivity contribution in [3.05, 3.63) is 22.7 Å². The van der Waals surface area contributed by atoms with Crippen molar-refractivity contribution in [2.45, 2.75) is 25.3 Å². The lowest BCUT2D eigenvalue weighted by Crippen LogP contribution is -2.39. The van der Waals surface area contributed by atoms with E-state index in [-0.39, 0.29) is 11.9 Å². The molecule has 3 unspecified atom stereocenters. The second-order valence-corrected chi connectivity index (χ2v) is 7.15. The molecular weight excluding hydrogens is 306 g/mol. The van der Waals surface area contributed by atoms with E-state index in [1.807, 2.05) is 12.1 Å². The number of thiazole rings is 1. The fourth-order valence-electron chi connectivity index (χ4n) is 3.70. The number of nitrogens with one attached hydrogen (secondary N) is 2. The average Bonchev–Trinajstić information content (AvgIpc) is 3.15. The molecule has 6 heteroatoms. The summed E-state index contributed by atoms with van der Waals surface area (Å²) in [5, 5.41) is 6.92. The van der Waals surface area contributed by atoms with Crippen molar-refractivity contribution in [3.8, 4) is 0 Å². The Balaban J connectivity index is 1.61. The van der Waals surface area contributed by atoms with Crippen molar-refractivity contribution < 1.29 is 4.79 Å². The first-order valence-corrected chi connectivity index (χ1v) is 8.56. The Morgan fingerprint density at radius 3 is 3.24 bits per heavy atom. The molecule has 2 N–H and O–H groups in total. The van der Waals surface area contributed by atoms with Gasteiger partial charge in [0.15, 0.2) is 0 Å². The van der Waals surface area contributed by atoms with E-state index >= 15 is 0 Å². The molecule has 21 heavy (non-hydrogen) atoms. The van der Waals surface area contributed by atoms with Gasteiger partial charge in [-0.25, -0.2) is 4.98 Å². The van der Waals surface area contributed by atoms with Gasteiger partial charge in [-0.3, -0.25) is 4.79 Å². The molecule has 1 aliphatic heterocycles. The summed E-state index contributed by atoms with van der Waals surface area (Å²) >= 11 is 7.80. The first-order valence-electron chi connectivity index (χ1n) is 7.30. The van der Waals surface area contributed by atoms with E-state index in [0.717, 1.165) is 23.2 Å². The lowest BCUT2D eigenvalue weighted by molar-refractivity contribution is -0.118. The fourth-order valence-corrected chi connectivity index (χ4v) is 4.59. The minimum Gasteiger partial charge on any atom is -0.322 e. The number of hydrogen-bond acceptors (Lipinski definition) is 4. The monoisotopic (exact) mass is 321 g/mol. The van der Waals surface area contributed by atoms with Crippen LogP contribution in [0, 0.1) is 11.8 Å². The average molecular weight is 322 g/mol. The minimum absolute atomic E-state index is 0.0202. The zero-order valence-corrected chi connectivity index (χ0v) is 13.0. The van der Waals surface area contributed by atoms with E-state index in [0.29, 0.717) is 22.5 Å². The van der Waals surface area contributed by atoms with Crippen molar-refractivity contribution in [3.63, 3.8) is 0 Å². The Morgan fingerprint density at radius 1 is 1.43 bits per heavy atom. The van der Waals surface area contributed by atoms with Crippen LogP contribution < -0.4 is 10.6 Å². The van der Waals surface area contributed by atoms with E-state index in [1.165, 1.54) is 12.8 Å². The molecule has 2 aliphatic rings. The highest BCUT2D eigenvalue weighted by molar-refractivity contribution is 7.16. The molecule has 1 saturated carbocycles. The number of rotatable bonds is 2. The fraction of sp³-hybridized carbons (Fsp3) is 0.467. The van der Waals surface area contributed by atoms with Gasteiger partial charge in [-0.2, -0.15) is 0 Å². The molecule has 1 saturated heterocycles. The SMILES string of the molecule is O=C(Nc1c(Cl)ccc2scnc12)C1NCC2CCCC21. The van der Waals surface area contributed by atoms with Gasteiger partial charge in [0.25, 0.3) is 0 Å². The van der Waals surface area contributed by atoms with E-state index in [1.54, 1.807) is 16.8 Å². The van der Waals surface area contributed by atoms with Gasteiger partial charge in [0.2, 0.25) is 5.91 Å². The molecule has 1 amide bonds. The standard InChI is InChI=1S/C15H16ClN3OS/c16-10-4-5-11-14(18-7-21-11)13(10)19-15(20)12-9-3-1-2-8(9)6-17-12/h4-5,7-9,12,17H,1-3,6H2,(H,19,20). The van der Waals surface area contributed by atoms with Gasteiger partial charge in [-0.1, -0.05) is 18.0 Å². The van der Waals surface area contributed by atoms with Crippen LogP contribution in [0.25, 0.3) is 10.2 Å². The smallest absolute Gasteiger partial charge is 0.241 e. The normalized spacial score (nSPS) is 28.0. The quantitative estimate of drug-likeness (QED) is 0.892. The lowest BCUT2D eigenvalue weighted by Gasteiger charge is -2.18. The van der Waals surface area contributed by atoms with Gasteiger partial charge in [0, 0.05) is 0 Å². The molecule has 110 valence electrons. The molecule has 1 aliphatic carbocycles. The molecule has 0 bridgehead atoms. The topological polar surface area (TPSA) is 54.0 Å². The highest BCUT2D eigenvalue weighted by atomic mass is 35.5. The number of fused-ring (bicyclic) bond motifs is 2. The maximum Gasteiger partial charge on any atom is 0.241 e. The summed E-state index contributed by atoms with van der Waals surface area (Å²) in [6, 6.07) is 3.66. The van der Waals surface area contributed by atoms with Gasteiger partial charge in [0.05, 0.1) is 27.0 Å². The number of hydrogen-bond donors (Lipinski definition) is 2. The van der Waals surface area contributed by atoms with Crippen molar-refractivity contribution in [2.75, 3.05) is 11.9 Å². The third kappa shape index (κ3) is 2.24. The molecule has 3 atom stereocenters. The largest absolute Gasteiger partial charge is 0.322 e. The maximum absolute atomic E-state index is 12.6. The van der Waals surface area contributed by atoms with Crippen molar-refractivity contribution in [1.82, 2.24) is 10.3 Å². The van der Waals surface area contributed by atoms with Crippen LogP contribution in [0.2, 0.25) is 5.02 Å². The third-order valence-corrected chi connectivity index (χ3v) is 5.84. The third-order valence-electron chi connectivity index (χ3n) is 4.73. The molecule has 2 fully saturated rings. The van der Waals surface area contributed by atoms with E-state index in [9.17, 15) is 4.79 Å². The molecule has 0 spiro atoms. The van der Waals surface area contributed by atoms with E-state index < -0.39 is 0 Å². The molecule has 1 aromatic carbocycles. The predicted octanol–water partition coefficient (Wildman–Crippen LogP) is 3.28. The van der Waals surface area contributed by atoms with Crippen LogP contribution in [0.5, 0.6) is 0 Å². The molecule has 4 nitrogen and oxygen atoms in total. The number of amides is 1. The summed E-state index contributed by atoms with van der Waals surface area (Å²) in [6.45, 7) is 0.956.